The number of nitrogens with zero attached hydrogens (tertiary/aromatic N) is 3. The van der Waals surface area contributed by atoms with Crippen LogP contribution in [0.25, 0.3) is 5.53 Å². The van der Waals surface area contributed by atoms with Gasteiger partial charge in [-0.3, -0.25) is 4.79 Å². The Bertz CT molecular complexity index is 642. The first-order valence-corrected chi connectivity index (χ1v) is 7.09. The Labute approximate surface area is 129 Å². The largest absolute Gasteiger partial charge is 0.444 e. The van der Waals surface area contributed by atoms with Crippen LogP contribution in [0, 0.1) is 0 Å². The van der Waals surface area contributed by atoms with Crippen LogP contribution in [0.2, 0.25) is 0 Å². The Hall–Kier alpha value is -2.46. The number of Topliss-reactive ketones (excluding diaryl/α,β-unsaturated/α-hetero) is 1. The van der Waals surface area contributed by atoms with E-state index in [1.54, 1.807) is 20.8 Å². The Morgan fingerprint density at radius 3 is 2.68 bits per heavy atom. The second-order valence-corrected chi connectivity index (χ2v) is 6.26. The number of benzene rings is 1. The van der Waals surface area contributed by atoms with Gasteiger partial charge in [-0.15, -0.1) is 0 Å². The molecule has 0 N–H and O–H groups in total. The maximum atomic E-state index is 12.3. The molecule has 1 aromatic carbocycles. The molecule has 0 spiro atoms. The molecule has 0 saturated heterocycles. The predicted molar refractivity (Wildman–Crippen MR) is 80.5 cm³/mol. The van der Waals surface area contributed by atoms with Crippen molar-refractivity contribution in [2.75, 3.05) is 6.54 Å². The second-order valence-electron chi connectivity index (χ2n) is 6.26. The molecule has 1 aliphatic heterocycles. The molecule has 22 heavy (non-hydrogen) atoms. The Morgan fingerprint density at radius 1 is 1.36 bits per heavy atom. The zero-order valence-corrected chi connectivity index (χ0v) is 12.9. The fourth-order valence-electron chi connectivity index (χ4n) is 2.46. The molecular weight excluding hydrogens is 282 g/mol. The molecule has 1 aromatic rings. The zero-order chi connectivity index (χ0) is 16.3. The van der Waals surface area contributed by atoms with Crippen molar-refractivity contribution in [3.8, 4) is 0 Å². The minimum atomic E-state index is -0.597. The number of amides is 1. The second kappa shape index (κ2) is 6.12. The molecule has 1 heterocycles. The van der Waals surface area contributed by atoms with Gasteiger partial charge in [0, 0.05) is 13.1 Å². The number of carbonyl (C=O) groups excluding carboxylic acids is 2. The van der Waals surface area contributed by atoms with Crippen molar-refractivity contribution in [3.05, 3.63) is 40.9 Å². The van der Waals surface area contributed by atoms with Crippen molar-refractivity contribution in [3.63, 3.8) is 0 Å². The molecule has 0 aromatic heterocycles. The third-order valence-electron chi connectivity index (χ3n) is 3.37. The normalized spacial score (nSPS) is 17.2. The summed E-state index contributed by atoms with van der Waals surface area (Å²) >= 11 is 0. The van der Waals surface area contributed by atoms with Gasteiger partial charge in [0.1, 0.15) is 5.60 Å². The van der Waals surface area contributed by atoms with Gasteiger partial charge in [-0.25, -0.2) is 4.79 Å². The molecule has 0 fully saturated rings. The highest BCUT2D eigenvalue weighted by Gasteiger charge is 2.34. The van der Waals surface area contributed by atoms with E-state index in [-0.39, 0.29) is 12.3 Å². The molecule has 6 nitrogen and oxygen atoms in total. The van der Waals surface area contributed by atoms with Gasteiger partial charge in [0.25, 0.3) is 0 Å². The van der Waals surface area contributed by atoms with E-state index >= 15 is 0 Å². The summed E-state index contributed by atoms with van der Waals surface area (Å²) in [6.07, 6.45) is 0.417. The standard InChI is InChI=1S/C16H19N3O3/c1-16(2,3)22-15(21)19-9-11-6-4-5-7-12(11)13(10-19)14(20)8-18-17/h4-8,13H,9-10H2,1-3H3. The number of ketones is 1. The average Bonchev–Trinajstić information content (AvgIpc) is 2.44. The van der Waals surface area contributed by atoms with Crippen molar-refractivity contribution >= 4 is 18.1 Å². The van der Waals surface area contributed by atoms with Crippen LogP contribution in [0.5, 0.6) is 0 Å². The van der Waals surface area contributed by atoms with Crippen LogP contribution in [0.15, 0.2) is 24.3 Å². The summed E-state index contributed by atoms with van der Waals surface area (Å²) in [5.74, 6) is -0.892. The van der Waals surface area contributed by atoms with Crippen molar-refractivity contribution < 1.29 is 19.1 Å². The molecular formula is C16H19N3O3. The summed E-state index contributed by atoms with van der Waals surface area (Å²) in [7, 11) is 0. The highest BCUT2D eigenvalue weighted by atomic mass is 16.6. The molecule has 1 aliphatic rings. The van der Waals surface area contributed by atoms with Gasteiger partial charge in [-0.05, 0) is 31.9 Å². The van der Waals surface area contributed by atoms with E-state index in [0.717, 1.165) is 17.3 Å². The lowest BCUT2D eigenvalue weighted by Crippen LogP contribution is -2.43. The minimum Gasteiger partial charge on any atom is -0.444 e. The van der Waals surface area contributed by atoms with Crippen molar-refractivity contribution in [2.24, 2.45) is 0 Å². The van der Waals surface area contributed by atoms with E-state index in [4.69, 9.17) is 10.3 Å². The number of hydrogen-bond acceptors (Lipinski definition) is 3. The van der Waals surface area contributed by atoms with Gasteiger partial charge in [-0.1, -0.05) is 24.3 Å². The topological polar surface area (TPSA) is 83.0 Å². The number of hydrogen-bond donors (Lipinski definition) is 0. The van der Waals surface area contributed by atoms with Crippen LogP contribution in [0.4, 0.5) is 4.79 Å². The van der Waals surface area contributed by atoms with E-state index in [0.29, 0.717) is 6.54 Å². The summed E-state index contributed by atoms with van der Waals surface area (Å²) in [5.41, 5.74) is 9.74. The van der Waals surface area contributed by atoms with Crippen molar-refractivity contribution in [1.29, 1.82) is 0 Å². The quantitative estimate of drug-likeness (QED) is 0.477. The smallest absolute Gasteiger partial charge is 0.410 e. The molecule has 0 saturated carbocycles. The molecule has 1 amide bonds. The Balaban J connectivity index is 2.30. The monoisotopic (exact) mass is 301 g/mol. The lowest BCUT2D eigenvalue weighted by Gasteiger charge is -2.34. The molecule has 116 valence electrons. The zero-order valence-electron chi connectivity index (χ0n) is 12.9. The first-order chi connectivity index (χ1) is 10.3. The highest BCUT2D eigenvalue weighted by Crippen LogP contribution is 2.29. The van der Waals surface area contributed by atoms with Crippen LogP contribution in [0.3, 0.4) is 0 Å². The number of ether oxygens (including phenoxy) is 1. The molecule has 1 atom stereocenters. The Kier molecular flexibility index (Phi) is 4.43. The average molecular weight is 301 g/mol. The predicted octanol–water partition coefficient (Wildman–Crippen LogP) is 2.39. The number of carbonyl (C=O) groups is 2. The summed E-state index contributed by atoms with van der Waals surface area (Å²) in [6, 6.07) is 7.44. The van der Waals surface area contributed by atoms with Gasteiger partial charge in [0.05, 0.1) is 5.92 Å². The van der Waals surface area contributed by atoms with Gasteiger partial charge in [0.2, 0.25) is 5.78 Å². The minimum absolute atomic E-state index is 0.205. The molecule has 0 bridgehead atoms. The van der Waals surface area contributed by atoms with E-state index in [1.807, 2.05) is 24.3 Å². The lowest BCUT2D eigenvalue weighted by atomic mass is 9.87. The fourth-order valence-corrected chi connectivity index (χ4v) is 2.46. The fraction of sp³-hybridized carbons (Fsp3) is 0.438. The van der Waals surface area contributed by atoms with Crippen LogP contribution >= 0.6 is 0 Å². The first kappa shape index (κ1) is 15.9. The van der Waals surface area contributed by atoms with Crippen LogP contribution in [0.1, 0.15) is 37.8 Å². The van der Waals surface area contributed by atoms with E-state index < -0.39 is 17.6 Å². The van der Waals surface area contributed by atoms with Gasteiger partial charge in [0.15, 0.2) is 0 Å². The van der Waals surface area contributed by atoms with Gasteiger partial charge >= 0.3 is 12.3 Å². The summed E-state index contributed by atoms with van der Waals surface area (Å²) in [6.45, 7) is 5.99. The summed E-state index contributed by atoms with van der Waals surface area (Å²) in [5, 5.41) is 0. The van der Waals surface area contributed by atoms with E-state index in [2.05, 4.69) is 4.79 Å². The number of rotatable bonds is 2. The lowest BCUT2D eigenvalue weighted by molar-refractivity contribution is -0.118. The first-order valence-electron chi connectivity index (χ1n) is 7.09. The third kappa shape index (κ3) is 3.59. The Morgan fingerprint density at radius 2 is 2.05 bits per heavy atom. The molecule has 0 radical (unpaired) electrons. The maximum absolute atomic E-state index is 12.3. The van der Waals surface area contributed by atoms with Crippen LogP contribution < -0.4 is 0 Å². The van der Waals surface area contributed by atoms with Gasteiger partial charge < -0.3 is 15.2 Å². The molecule has 1 unspecified atom stereocenters. The highest BCUT2D eigenvalue weighted by molar-refractivity contribution is 6.28. The maximum Gasteiger partial charge on any atom is 0.410 e. The van der Waals surface area contributed by atoms with Crippen LogP contribution in [-0.2, 0) is 16.1 Å². The molecule has 2 rings (SSSR count). The van der Waals surface area contributed by atoms with E-state index in [9.17, 15) is 9.59 Å². The molecule has 0 aliphatic carbocycles. The van der Waals surface area contributed by atoms with Crippen molar-refractivity contribution in [2.45, 2.75) is 38.8 Å². The molecule has 6 heteroatoms. The van der Waals surface area contributed by atoms with Crippen LogP contribution in [-0.4, -0.2) is 39.9 Å². The number of fused-ring (bicyclic) bond motifs is 1. The summed E-state index contributed by atoms with van der Waals surface area (Å²) in [4.78, 5) is 28.7. The summed E-state index contributed by atoms with van der Waals surface area (Å²) < 4.78 is 5.37. The third-order valence-corrected chi connectivity index (χ3v) is 3.37. The van der Waals surface area contributed by atoms with Gasteiger partial charge in [-0.2, -0.15) is 4.79 Å². The SMILES string of the molecule is CC(C)(C)OC(=O)N1Cc2ccccc2C(C(=O)C=[N+]=[N-])C1. The van der Waals surface area contributed by atoms with E-state index in [1.165, 1.54) is 4.90 Å². The van der Waals surface area contributed by atoms with Crippen molar-refractivity contribution in [1.82, 2.24) is 4.90 Å².